The quantitative estimate of drug-likeness (QED) is 0.361. The maximum atomic E-state index is 9.33. The van der Waals surface area contributed by atoms with Crippen LogP contribution in [-0.4, -0.2) is 79.2 Å². The van der Waals surface area contributed by atoms with Crippen LogP contribution in [0.1, 0.15) is 0 Å². The van der Waals surface area contributed by atoms with Crippen LogP contribution in [0.25, 0.3) is 0 Å². The van der Waals surface area contributed by atoms with Gasteiger partial charge in [-0.15, -0.1) is 0 Å². The van der Waals surface area contributed by atoms with Gasteiger partial charge >= 0.3 is 69.5 Å². The molecule has 1 N–H and O–H groups in total. The van der Waals surface area contributed by atoms with E-state index in [0.717, 1.165) is 7.11 Å². The standard InChI is InChI=1S/CH4O4S.2Na.2H/c1-5-6(2,3)4;;;;/h1H3,(H,2,3,4);;;;. The van der Waals surface area contributed by atoms with E-state index in [2.05, 4.69) is 4.18 Å². The molecular weight excluding hydrogens is 154 g/mol. The molecule has 0 bridgehead atoms. The fourth-order valence-electron chi connectivity index (χ4n) is 0. The molecule has 0 aromatic carbocycles. The van der Waals surface area contributed by atoms with Crippen LogP contribution in [-0.2, 0) is 14.6 Å². The Balaban J connectivity index is -0.000000125. The molecule has 0 aromatic heterocycles. The Morgan fingerprint density at radius 3 is 1.50 bits per heavy atom. The summed E-state index contributed by atoms with van der Waals surface area (Å²) in [5, 5.41) is 0. The molecule has 0 radical (unpaired) electrons. The van der Waals surface area contributed by atoms with Crippen LogP contribution in [0.5, 0.6) is 0 Å². The van der Waals surface area contributed by atoms with Crippen LogP contribution in [0.3, 0.4) is 0 Å². The molecule has 4 nitrogen and oxygen atoms in total. The first-order valence-electron chi connectivity index (χ1n) is 1.09. The fraction of sp³-hybridized carbons (Fsp3) is 1.00. The van der Waals surface area contributed by atoms with Gasteiger partial charge in [-0.3, -0.25) is 8.74 Å². The van der Waals surface area contributed by atoms with Crippen molar-refractivity contribution in [3.63, 3.8) is 0 Å². The number of hydrogen-bond donors (Lipinski definition) is 1. The molecule has 8 heavy (non-hydrogen) atoms. The SMILES string of the molecule is COS(=O)(=O)O.[NaH].[NaH]. The molecule has 0 unspecified atom stereocenters. The molecule has 0 aliphatic heterocycles. The van der Waals surface area contributed by atoms with Crippen LogP contribution in [0.15, 0.2) is 0 Å². The van der Waals surface area contributed by atoms with E-state index in [0.29, 0.717) is 0 Å². The van der Waals surface area contributed by atoms with Gasteiger partial charge in [-0.25, -0.2) is 0 Å². The summed E-state index contributed by atoms with van der Waals surface area (Å²) in [6, 6.07) is 0. The normalized spacial score (nSPS) is 8.75. The van der Waals surface area contributed by atoms with E-state index in [4.69, 9.17) is 4.55 Å². The van der Waals surface area contributed by atoms with Gasteiger partial charge in [0.25, 0.3) is 0 Å². The summed E-state index contributed by atoms with van der Waals surface area (Å²) in [5.41, 5.74) is 0. The molecule has 0 aromatic rings. The van der Waals surface area contributed by atoms with Crippen LogP contribution in [0.2, 0.25) is 0 Å². The van der Waals surface area contributed by atoms with E-state index >= 15 is 0 Å². The molecule has 0 saturated carbocycles. The predicted molar refractivity (Wildman–Crippen MR) is 32.9 cm³/mol. The Hall–Kier alpha value is 1.87. The zero-order chi connectivity index (χ0) is 5.21. The Bertz CT molecular complexity index is 116. The van der Waals surface area contributed by atoms with Gasteiger partial charge in [-0.2, -0.15) is 8.42 Å². The third-order valence-electron chi connectivity index (χ3n) is 0.211. The van der Waals surface area contributed by atoms with Gasteiger partial charge in [-0.1, -0.05) is 0 Å². The molecule has 0 amide bonds. The summed E-state index contributed by atoms with van der Waals surface area (Å²) < 4.78 is 29.7. The molecule has 0 saturated heterocycles. The second-order valence-electron chi connectivity index (χ2n) is 0.594. The van der Waals surface area contributed by atoms with E-state index in [-0.39, 0.29) is 59.1 Å². The molecular formula is CH6Na2O4S. The average molecular weight is 160 g/mol. The Kier molecular flexibility index (Phi) is 14.4. The fourth-order valence-corrected chi connectivity index (χ4v) is 0. The monoisotopic (exact) mass is 160 g/mol. The zero-order valence-electron chi connectivity index (χ0n) is 3.08. The number of hydrogen-bond acceptors (Lipinski definition) is 3. The summed E-state index contributed by atoms with van der Waals surface area (Å²) in [4.78, 5) is 0. The first-order chi connectivity index (χ1) is 2.56. The van der Waals surface area contributed by atoms with Crippen molar-refractivity contribution in [1.82, 2.24) is 0 Å². The van der Waals surface area contributed by atoms with Gasteiger partial charge in [0.2, 0.25) is 0 Å². The number of rotatable bonds is 1. The Labute approximate surface area is 92.5 Å². The second kappa shape index (κ2) is 6.98. The zero-order valence-corrected chi connectivity index (χ0v) is 3.90. The van der Waals surface area contributed by atoms with Gasteiger partial charge in [0.05, 0.1) is 7.11 Å². The summed E-state index contributed by atoms with van der Waals surface area (Å²) >= 11 is 0. The van der Waals surface area contributed by atoms with E-state index in [1.54, 1.807) is 0 Å². The molecule has 0 rings (SSSR count). The van der Waals surface area contributed by atoms with Crippen LogP contribution in [0, 0.1) is 0 Å². The van der Waals surface area contributed by atoms with Crippen molar-refractivity contribution >= 4 is 69.5 Å². The molecule has 0 spiro atoms. The summed E-state index contributed by atoms with van der Waals surface area (Å²) in [7, 11) is -3.29. The molecule has 0 aliphatic carbocycles. The van der Waals surface area contributed by atoms with Gasteiger partial charge in [0.15, 0.2) is 0 Å². The van der Waals surface area contributed by atoms with Crippen LogP contribution >= 0.6 is 0 Å². The van der Waals surface area contributed by atoms with Crippen molar-refractivity contribution in [2.24, 2.45) is 0 Å². The second-order valence-corrected chi connectivity index (χ2v) is 1.78. The first-order valence-corrected chi connectivity index (χ1v) is 2.46. The van der Waals surface area contributed by atoms with Gasteiger partial charge < -0.3 is 0 Å². The van der Waals surface area contributed by atoms with E-state index in [1.165, 1.54) is 0 Å². The van der Waals surface area contributed by atoms with E-state index < -0.39 is 10.4 Å². The van der Waals surface area contributed by atoms with Crippen molar-refractivity contribution in [3.05, 3.63) is 0 Å². The van der Waals surface area contributed by atoms with Gasteiger partial charge in [0, 0.05) is 0 Å². The summed E-state index contributed by atoms with van der Waals surface area (Å²) in [5.74, 6) is 0. The maximum absolute atomic E-state index is 9.33. The van der Waals surface area contributed by atoms with Gasteiger partial charge in [0.1, 0.15) is 0 Å². The van der Waals surface area contributed by atoms with E-state index in [1.807, 2.05) is 0 Å². The van der Waals surface area contributed by atoms with Gasteiger partial charge in [-0.05, 0) is 0 Å². The molecule has 0 heterocycles. The van der Waals surface area contributed by atoms with E-state index in [9.17, 15) is 8.42 Å². The molecule has 0 aliphatic rings. The molecule has 0 atom stereocenters. The third kappa shape index (κ3) is 15.7. The van der Waals surface area contributed by atoms with Crippen molar-refractivity contribution in [1.29, 1.82) is 0 Å². The average Bonchev–Trinajstić information content (AvgIpc) is 1.35. The minimum atomic E-state index is -4.16. The van der Waals surface area contributed by atoms with Crippen LogP contribution in [0.4, 0.5) is 0 Å². The van der Waals surface area contributed by atoms with Crippen molar-refractivity contribution in [2.45, 2.75) is 0 Å². The topological polar surface area (TPSA) is 63.6 Å². The summed E-state index contributed by atoms with van der Waals surface area (Å²) in [6.07, 6.45) is 0. The van der Waals surface area contributed by atoms with Crippen molar-refractivity contribution in [3.8, 4) is 0 Å². The van der Waals surface area contributed by atoms with Crippen molar-refractivity contribution in [2.75, 3.05) is 7.11 Å². The minimum absolute atomic E-state index is 0. The molecule has 7 heteroatoms. The third-order valence-corrected chi connectivity index (χ3v) is 0.632. The first kappa shape index (κ1) is 16.5. The Morgan fingerprint density at radius 2 is 1.50 bits per heavy atom. The Morgan fingerprint density at radius 1 is 1.38 bits per heavy atom. The molecule has 0 fully saturated rings. The molecule has 42 valence electrons. The predicted octanol–water partition coefficient (Wildman–Crippen LogP) is -1.86. The van der Waals surface area contributed by atoms with Crippen LogP contribution < -0.4 is 0 Å². The van der Waals surface area contributed by atoms with Crippen molar-refractivity contribution < 1.29 is 17.2 Å². The summed E-state index contributed by atoms with van der Waals surface area (Å²) in [6.45, 7) is 0.